The third kappa shape index (κ3) is 4.16. The van der Waals surface area contributed by atoms with Gasteiger partial charge in [-0.1, -0.05) is 18.1 Å². The van der Waals surface area contributed by atoms with Crippen molar-refractivity contribution in [2.75, 3.05) is 19.7 Å². The van der Waals surface area contributed by atoms with Crippen molar-refractivity contribution in [3.63, 3.8) is 0 Å². The van der Waals surface area contributed by atoms with E-state index in [1.54, 1.807) is 24.0 Å². The number of rotatable bonds is 5. The lowest BCUT2D eigenvalue weighted by Crippen LogP contribution is -2.40. The maximum Gasteiger partial charge on any atom is 0.317 e. The van der Waals surface area contributed by atoms with Crippen molar-refractivity contribution < 1.29 is 19.4 Å². The summed E-state index contributed by atoms with van der Waals surface area (Å²) >= 11 is 0. The predicted octanol–water partition coefficient (Wildman–Crippen LogP) is 1.70. The van der Waals surface area contributed by atoms with E-state index in [-0.39, 0.29) is 19.2 Å². The number of urea groups is 1. The molecule has 6 heteroatoms. The first-order valence-electron chi connectivity index (χ1n) is 7.36. The van der Waals surface area contributed by atoms with Crippen molar-refractivity contribution >= 4 is 12.0 Å². The minimum absolute atomic E-state index is 0.216. The van der Waals surface area contributed by atoms with Gasteiger partial charge < -0.3 is 20.1 Å². The maximum absolute atomic E-state index is 12.1. The molecule has 2 rings (SSSR count). The Morgan fingerprint density at radius 2 is 2.13 bits per heavy atom. The quantitative estimate of drug-likeness (QED) is 0.811. The van der Waals surface area contributed by atoms with Crippen molar-refractivity contribution in [2.45, 2.75) is 19.9 Å². The number of nitrogens with zero attached hydrogens (tertiary/aromatic N) is 1. The molecule has 2 N–H and O–H groups in total. The van der Waals surface area contributed by atoms with Gasteiger partial charge in [0.05, 0.1) is 5.41 Å². The van der Waals surface area contributed by atoms with Crippen LogP contribution in [-0.4, -0.2) is 41.7 Å². The van der Waals surface area contributed by atoms with Gasteiger partial charge in [0.25, 0.3) is 0 Å². The van der Waals surface area contributed by atoms with Gasteiger partial charge in [-0.25, -0.2) is 4.79 Å². The largest absolute Gasteiger partial charge is 0.481 e. The van der Waals surface area contributed by atoms with E-state index in [2.05, 4.69) is 11.2 Å². The zero-order chi connectivity index (χ0) is 16.9. The number of likely N-dealkylation sites (tertiary alicyclic amines) is 1. The van der Waals surface area contributed by atoms with E-state index in [0.29, 0.717) is 25.3 Å². The SMILES string of the molecule is C#CCOc1ccc(CNC(=O)N2CCC(C)(C(=O)O)C2)cc1. The van der Waals surface area contributed by atoms with Crippen LogP contribution in [0.25, 0.3) is 0 Å². The molecule has 1 saturated heterocycles. The summed E-state index contributed by atoms with van der Waals surface area (Å²) in [4.78, 5) is 24.8. The van der Waals surface area contributed by atoms with Gasteiger partial charge in [0.2, 0.25) is 0 Å². The van der Waals surface area contributed by atoms with E-state index in [1.807, 2.05) is 12.1 Å². The highest BCUT2D eigenvalue weighted by Crippen LogP contribution is 2.29. The third-order valence-corrected chi connectivity index (χ3v) is 3.97. The maximum atomic E-state index is 12.1. The van der Waals surface area contributed by atoms with E-state index in [0.717, 1.165) is 5.56 Å². The standard InChI is InChI=1S/C17H20N2O4/c1-3-10-23-14-6-4-13(5-7-14)11-18-16(22)19-9-8-17(2,12-19)15(20)21/h1,4-7H,8-12H2,2H3,(H,18,22)(H,20,21). The molecule has 0 bridgehead atoms. The lowest BCUT2D eigenvalue weighted by Gasteiger charge is -2.20. The van der Waals surface area contributed by atoms with Crippen LogP contribution in [0.15, 0.2) is 24.3 Å². The zero-order valence-electron chi connectivity index (χ0n) is 13.0. The average molecular weight is 316 g/mol. The van der Waals surface area contributed by atoms with Crippen molar-refractivity contribution in [1.82, 2.24) is 10.2 Å². The van der Waals surface area contributed by atoms with Gasteiger partial charge >= 0.3 is 12.0 Å². The van der Waals surface area contributed by atoms with Crippen LogP contribution >= 0.6 is 0 Å². The number of ether oxygens (including phenoxy) is 1. The Morgan fingerprint density at radius 1 is 1.43 bits per heavy atom. The van der Waals surface area contributed by atoms with Crippen LogP contribution in [-0.2, 0) is 11.3 Å². The molecular formula is C17H20N2O4. The summed E-state index contributed by atoms with van der Waals surface area (Å²) in [5, 5.41) is 12.0. The fourth-order valence-electron chi connectivity index (χ4n) is 2.43. The summed E-state index contributed by atoms with van der Waals surface area (Å²) in [7, 11) is 0. The van der Waals surface area contributed by atoms with Crippen LogP contribution in [0.3, 0.4) is 0 Å². The van der Waals surface area contributed by atoms with Gasteiger partial charge in [-0.05, 0) is 31.0 Å². The van der Waals surface area contributed by atoms with Gasteiger partial charge in [0.15, 0.2) is 0 Å². The van der Waals surface area contributed by atoms with Crippen LogP contribution in [0, 0.1) is 17.8 Å². The van der Waals surface area contributed by atoms with E-state index < -0.39 is 11.4 Å². The predicted molar refractivity (Wildman–Crippen MR) is 84.9 cm³/mol. The summed E-state index contributed by atoms with van der Waals surface area (Å²) in [6.45, 7) is 2.93. The Labute approximate surface area is 135 Å². The first-order chi connectivity index (χ1) is 10.9. The fraction of sp³-hybridized carbons (Fsp3) is 0.412. The summed E-state index contributed by atoms with van der Waals surface area (Å²) in [6, 6.07) is 7.02. The molecule has 1 atom stereocenters. The molecule has 1 aliphatic rings. The molecule has 1 aliphatic heterocycles. The van der Waals surface area contributed by atoms with E-state index >= 15 is 0 Å². The normalized spacial score (nSPS) is 19.9. The summed E-state index contributed by atoms with van der Waals surface area (Å²) in [5.74, 6) is 2.20. The number of terminal acetylenes is 1. The molecule has 122 valence electrons. The molecular weight excluding hydrogens is 296 g/mol. The first-order valence-corrected chi connectivity index (χ1v) is 7.36. The molecule has 1 aromatic carbocycles. The van der Waals surface area contributed by atoms with Crippen LogP contribution in [0.1, 0.15) is 18.9 Å². The number of hydrogen-bond acceptors (Lipinski definition) is 3. The second kappa shape index (κ2) is 7.05. The Morgan fingerprint density at radius 3 is 2.70 bits per heavy atom. The van der Waals surface area contributed by atoms with E-state index in [1.165, 1.54) is 0 Å². The number of amides is 2. The second-order valence-electron chi connectivity index (χ2n) is 5.83. The zero-order valence-corrected chi connectivity index (χ0v) is 13.0. The van der Waals surface area contributed by atoms with Crippen LogP contribution in [0.2, 0.25) is 0 Å². The van der Waals surface area contributed by atoms with Gasteiger partial charge in [0, 0.05) is 19.6 Å². The molecule has 0 spiro atoms. The minimum atomic E-state index is -0.865. The number of benzene rings is 1. The summed E-state index contributed by atoms with van der Waals surface area (Å²) < 4.78 is 5.28. The number of nitrogens with one attached hydrogen (secondary N) is 1. The van der Waals surface area contributed by atoms with Crippen molar-refractivity contribution in [2.24, 2.45) is 5.41 Å². The van der Waals surface area contributed by atoms with Gasteiger partial charge in [0.1, 0.15) is 12.4 Å². The molecule has 0 radical (unpaired) electrons. The Balaban J connectivity index is 1.83. The first kappa shape index (κ1) is 16.7. The van der Waals surface area contributed by atoms with E-state index in [9.17, 15) is 14.7 Å². The van der Waals surface area contributed by atoms with Crippen molar-refractivity contribution in [3.8, 4) is 18.1 Å². The van der Waals surface area contributed by atoms with Gasteiger partial charge in [-0.3, -0.25) is 4.79 Å². The number of aliphatic carboxylic acids is 1. The average Bonchev–Trinajstić information content (AvgIpc) is 2.95. The molecule has 1 fully saturated rings. The molecule has 6 nitrogen and oxygen atoms in total. The van der Waals surface area contributed by atoms with Crippen molar-refractivity contribution in [3.05, 3.63) is 29.8 Å². The highest BCUT2D eigenvalue weighted by molar-refractivity contribution is 5.79. The molecule has 1 unspecified atom stereocenters. The van der Waals surface area contributed by atoms with Gasteiger partial charge in [-0.2, -0.15) is 0 Å². The minimum Gasteiger partial charge on any atom is -0.481 e. The fourth-order valence-corrected chi connectivity index (χ4v) is 2.43. The smallest absolute Gasteiger partial charge is 0.317 e. The lowest BCUT2D eigenvalue weighted by molar-refractivity contribution is -0.147. The Bertz CT molecular complexity index is 620. The lowest BCUT2D eigenvalue weighted by atomic mass is 9.90. The number of carboxylic acid groups (broad SMARTS) is 1. The highest BCUT2D eigenvalue weighted by Gasteiger charge is 2.42. The Hall–Kier alpha value is -2.68. The molecule has 0 aromatic heterocycles. The van der Waals surface area contributed by atoms with Crippen LogP contribution < -0.4 is 10.1 Å². The highest BCUT2D eigenvalue weighted by atomic mass is 16.5. The number of hydrogen-bond donors (Lipinski definition) is 2. The number of carboxylic acids is 1. The molecule has 1 aromatic rings. The molecule has 0 saturated carbocycles. The topological polar surface area (TPSA) is 78.9 Å². The van der Waals surface area contributed by atoms with Crippen molar-refractivity contribution in [1.29, 1.82) is 0 Å². The third-order valence-electron chi connectivity index (χ3n) is 3.97. The number of carbonyl (C=O) groups excluding carboxylic acids is 1. The molecule has 1 heterocycles. The van der Waals surface area contributed by atoms with E-state index in [4.69, 9.17) is 11.2 Å². The molecule has 0 aliphatic carbocycles. The second-order valence-corrected chi connectivity index (χ2v) is 5.83. The molecule has 2 amide bonds. The Kier molecular flexibility index (Phi) is 5.12. The van der Waals surface area contributed by atoms with Crippen LogP contribution in [0.5, 0.6) is 5.75 Å². The summed E-state index contributed by atoms with van der Waals surface area (Å²) in [5.41, 5.74) is 0.0690. The monoisotopic (exact) mass is 316 g/mol. The summed E-state index contributed by atoms with van der Waals surface area (Å²) in [6.07, 6.45) is 5.59. The number of carbonyl (C=O) groups is 2. The van der Waals surface area contributed by atoms with Crippen LogP contribution in [0.4, 0.5) is 4.79 Å². The van der Waals surface area contributed by atoms with Gasteiger partial charge in [-0.15, -0.1) is 6.42 Å². The molecule has 23 heavy (non-hydrogen) atoms.